The molecule has 5 heteroatoms. The van der Waals surface area contributed by atoms with Crippen LogP contribution in [-0.2, 0) is 24.4 Å². The molecule has 0 saturated heterocycles. The summed E-state index contributed by atoms with van der Waals surface area (Å²) in [6.45, 7) is 0.807. The molecule has 2 aromatic rings. The van der Waals surface area contributed by atoms with E-state index in [1.807, 2.05) is 12.1 Å². The van der Waals surface area contributed by atoms with E-state index < -0.39 is 0 Å². The van der Waals surface area contributed by atoms with Crippen molar-refractivity contribution < 1.29 is 14.0 Å². The van der Waals surface area contributed by atoms with Gasteiger partial charge in [-0.1, -0.05) is 11.2 Å². The standard InChI is InChI=1S/C15H18N2O3/c1-18-9-13-7-11(17-20-13)8-19-12-3-4-14-10(6-12)2-5-15(14)16/h3-4,6-7,15H,2,5,8-9,16H2,1H3/t15-/m1/s1. The molecule has 5 nitrogen and oxygen atoms in total. The van der Waals surface area contributed by atoms with E-state index in [-0.39, 0.29) is 6.04 Å². The number of nitrogens with two attached hydrogens (primary N) is 1. The maximum Gasteiger partial charge on any atom is 0.162 e. The van der Waals surface area contributed by atoms with Crippen molar-refractivity contribution in [1.82, 2.24) is 5.16 Å². The molecule has 0 aliphatic heterocycles. The average Bonchev–Trinajstić information content (AvgIpc) is 3.04. The molecule has 0 spiro atoms. The number of nitrogens with zero attached hydrogens (tertiary/aromatic N) is 1. The van der Waals surface area contributed by atoms with E-state index >= 15 is 0 Å². The second-order valence-electron chi connectivity index (χ2n) is 5.01. The van der Waals surface area contributed by atoms with Gasteiger partial charge in [-0.05, 0) is 36.1 Å². The minimum atomic E-state index is 0.172. The molecular weight excluding hydrogens is 256 g/mol. The van der Waals surface area contributed by atoms with Crippen LogP contribution in [0.5, 0.6) is 5.75 Å². The minimum Gasteiger partial charge on any atom is -0.487 e. The summed E-state index contributed by atoms with van der Waals surface area (Å²) in [6.07, 6.45) is 2.04. The lowest BCUT2D eigenvalue weighted by atomic mass is 10.1. The SMILES string of the molecule is COCc1cc(COc2ccc3c(c2)CC[C@H]3N)no1. The number of aryl methyl sites for hydroxylation is 1. The van der Waals surface area contributed by atoms with Crippen LogP contribution in [0.25, 0.3) is 0 Å². The number of benzene rings is 1. The highest BCUT2D eigenvalue weighted by atomic mass is 16.5. The average molecular weight is 274 g/mol. The van der Waals surface area contributed by atoms with E-state index in [2.05, 4.69) is 17.3 Å². The molecule has 2 N–H and O–H groups in total. The van der Waals surface area contributed by atoms with Gasteiger partial charge in [-0.15, -0.1) is 0 Å². The summed E-state index contributed by atoms with van der Waals surface area (Å²) in [5, 5.41) is 3.93. The first-order valence-electron chi connectivity index (χ1n) is 6.71. The Morgan fingerprint density at radius 1 is 1.35 bits per heavy atom. The topological polar surface area (TPSA) is 70.5 Å². The van der Waals surface area contributed by atoms with Crippen molar-refractivity contribution in [3.8, 4) is 5.75 Å². The van der Waals surface area contributed by atoms with Crippen molar-refractivity contribution in [2.75, 3.05) is 7.11 Å². The van der Waals surface area contributed by atoms with Crippen LogP contribution in [0, 0.1) is 0 Å². The molecule has 106 valence electrons. The fourth-order valence-corrected chi connectivity index (χ4v) is 2.51. The van der Waals surface area contributed by atoms with Gasteiger partial charge in [0.25, 0.3) is 0 Å². The normalized spacial score (nSPS) is 17.2. The summed E-state index contributed by atoms with van der Waals surface area (Å²) in [6, 6.07) is 8.10. The smallest absolute Gasteiger partial charge is 0.162 e. The molecule has 0 unspecified atom stereocenters. The van der Waals surface area contributed by atoms with E-state index in [4.69, 9.17) is 19.7 Å². The first-order valence-corrected chi connectivity index (χ1v) is 6.71. The zero-order valence-electron chi connectivity index (χ0n) is 11.5. The fourth-order valence-electron chi connectivity index (χ4n) is 2.51. The van der Waals surface area contributed by atoms with Crippen LogP contribution in [0.15, 0.2) is 28.8 Å². The summed E-state index contributed by atoms with van der Waals surface area (Å²) in [7, 11) is 1.62. The lowest BCUT2D eigenvalue weighted by Crippen LogP contribution is -2.05. The van der Waals surface area contributed by atoms with E-state index in [0.717, 1.165) is 24.3 Å². The highest BCUT2D eigenvalue weighted by Gasteiger charge is 2.19. The molecule has 1 heterocycles. The molecule has 1 aliphatic rings. The van der Waals surface area contributed by atoms with Gasteiger partial charge in [-0.2, -0.15) is 0 Å². The summed E-state index contributed by atoms with van der Waals surface area (Å²) in [5.74, 6) is 1.54. The Bertz CT molecular complexity index is 595. The van der Waals surface area contributed by atoms with Gasteiger partial charge in [0.2, 0.25) is 0 Å². The van der Waals surface area contributed by atoms with E-state index in [1.54, 1.807) is 7.11 Å². The molecule has 0 saturated carbocycles. The number of aromatic nitrogens is 1. The third kappa shape index (κ3) is 2.69. The quantitative estimate of drug-likeness (QED) is 0.906. The number of fused-ring (bicyclic) bond motifs is 1. The number of hydrogen-bond acceptors (Lipinski definition) is 5. The zero-order valence-corrected chi connectivity index (χ0v) is 11.5. The van der Waals surface area contributed by atoms with Gasteiger partial charge >= 0.3 is 0 Å². The van der Waals surface area contributed by atoms with Crippen molar-refractivity contribution in [2.45, 2.75) is 32.1 Å². The Morgan fingerprint density at radius 3 is 3.10 bits per heavy atom. The Morgan fingerprint density at radius 2 is 2.25 bits per heavy atom. The molecule has 1 aliphatic carbocycles. The van der Waals surface area contributed by atoms with Crippen molar-refractivity contribution in [2.24, 2.45) is 5.73 Å². The molecule has 0 fully saturated rings. The zero-order chi connectivity index (χ0) is 13.9. The van der Waals surface area contributed by atoms with E-state index in [0.29, 0.717) is 19.0 Å². The predicted octanol–water partition coefficient (Wildman–Crippen LogP) is 2.35. The monoisotopic (exact) mass is 274 g/mol. The Hall–Kier alpha value is -1.85. The summed E-state index contributed by atoms with van der Waals surface area (Å²) < 4.78 is 15.8. The first-order chi connectivity index (χ1) is 9.76. The molecule has 0 bridgehead atoms. The second-order valence-corrected chi connectivity index (χ2v) is 5.01. The van der Waals surface area contributed by atoms with Gasteiger partial charge in [0, 0.05) is 19.2 Å². The molecule has 0 amide bonds. The fraction of sp³-hybridized carbons (Fsp3) is 0.400. The molecule has 1 atom stereocenters. The Kier molecular flexibility index (Phi) is 3.71. The van der Waals surface area contributed by atoms with Gasteiger partial charge in [0.1, 0.15) is 24.7 Å². The van der Waals surface area contributed by atoms with E-state index in [9.17, 15) is 0 Å². The molecule has 1 aromatic heterocycles. The van der Waals surface area contributed by atoms with Crippen LogP contribution in [0.4, 0.5) is 0 Å². The minimum absolute atomic E-state index is 0.172. The van der Waals surface area contributed by atoms with Crippen LogP contribution in [0.3, 0.4) is 0 Å². The van der Waals surface area contributed by atoms with Crippen LogP contribution >= 0.6 is 0 Å². The third-order valence-corrected chi connectivity index (χ3v) is 3.52. The van der Waals surface area contributed by atoms with Gasteiger partial charge in [-0.3, -0.25) is 0 Å². The largest absolute Gasteiger partial charge is 0.487 e. The molecule has 20 heavy (non-hydrogen) atoms. The predicted molar refractivity (Wildman–Crippen MR) is 73.2 cm³/mol. The van der Waals surface area contributed by atoms with Crippen LogP contribution < -0.4 is 10.5 Å². The van der Waals surface area contributed by atoms with Gasteiger partial charge < -0.3 is 19.7 Å². The molecule has 1 aromatic carbocycles. The molecule has 0 radical (unpaired) electrons. The summed E-state index contributed by atoms with van der Waals surface area (Å²) in [5.41, 5.74) is 9.30. The van der Waals surface area contributed by atoms with Crippen molar-refractivity contribution in [3.05, 3.63) is 46.8 Å². The number of methoxy groups -OCH3 is 1. The number of ether oxygens (including phenoxy) is 2. The highest BCUT2D eigenvalue weighted by molar-refractivity contribution is 5.40. The van der Waals surface area contributed by atoms with Gasteiger partial charge in [0.15, 0.2) is 5.76 Å². The lowest BCUT2D eigenvalue weighted by molar-refractivity contribution is 0.155. The van der Waals surface area contributed by atoms with Crippen molar-refractivity contribution in [3.63, 3.8) is 0 Å². The van der Waals surface area contributed by atoms with Crippen LogP contribution in [0.2, 0.25) is 0 Å². The summed E-state index contributed by atoms with van der Waals surface area (Å²) >= 11 is 0. The van der Waals surface area contributed by atoms with E-state index in [1.165, 1.54) is 11.1 Å². The van der Waals surface area contributed by atoms with Gasteiger partial charge in [-0.25, -0.2) is 0 Å². The second kappa shape index (κ2) is 5.64. The van der Waals surface area contributed by atoms with Crippen molar-refractivity contribution >= 4 is 0 Å². The Labute approximate surface area is 117 Å². The maximum absolute atomic E-state index is 6.02. The van der Waals surface area contributed by atoms with Crippen LogP contribution in [-0.4, -0.2) is 12.3 Å². The highest BCUT2D eigenvalue weighted by Crippen LogP contribution is 2.32. The third-order valence-electron chi connectivity index (χ3n) is 3.52. The lowest BCUT2D eigenvalue weighted by Gasteiger charge is -2.08. The van der Waals surface area contributed by atoms with Gasteiger partial charge in [0.05, 0.1) is 0 Å². The number of hydrogen-bond donors (Lipinski definition) is 1. The number of rotatable bonds is 5. The molecule has 3 rings (SSSR count). The molecular formula is C15H18N2O3. The Balaban J connectivity index is 1.63. The summed E-state index contributed by atoms with van der Waals surface area (Å²) in [4.78, 5) is 0. The maximum atomic E-state index is 6.02. The van der Waals surface area contributed by atoms with Crippen LogP contribution in [0.1, 0.15) is 35.0 Å². The van der Waals surface area contributed by atoms with Crippen molar-refractivity contribution in [1.29, 1.82) is 0 Å². The first kappa shape index (κ1) is 13.1.